The fourth-order valence-electron chi connectivity index (χ4n) is 2.75. The minimum atomic E-state index is 0.672. The van der Waals surface area contributed by atoms with Gasteiger partial charge in [0.25, 0.3) is 0 Å². The molecule has 0 amide bonds. The maximum atomic E-state index is 5.97. The van der Waals surface area contributed by atoms with Gasteiger partial charge in [0.05, 0.1) is 6.33 Å². The monoisotopic (exact) mass is 283 g/mol. The number of hydrogen-bond acceptors (Lipinski definition) is 3. The molecule has 4 nitrogen and oxygen atoms in total. The minimum absolute atomic E-state index is 0.672. The Labute approximate surface area is 125 Å². The highest BCUT2D eigenvalue weighted by Gasteiger charge is 2.18. The first-order valence-corrected chi connectivity index (χ1v) is 7.39. The van der Waals surface area contributed by atoms with Gasteiger partial charge in [-0.05, 0) is 18.4 Å². The molecule has 4 heteroatoms. The number of rotatable bonds is 6. The molecule has 0 bridgehead atoms. The lowest BCUT2D eigenvalue weighted by Crippen LogP contribution is -2.33. The van der Waals surface area contributed by atoms with Crippen LogP contribution in [-0.2, 0) is 19.5 Å². The first-order valence-electron chi connectivity index (χ1n) is 7.39. The van der Waals surface area contributed by atoms with Gasteiger partial charge in [-0.3, -0.25) is 4.90 Å². The van der Waals surface area contributed by atoms with Gasteiger partial charge in [0, 0.05) is 37.6 Å². The first kappa shape index (κ1) is 13.9. The third kappa shape index (κ3) is 3.34. The average molecular weight is 283 g/mol. The lowest BCUT2D eigenvalue weighted by atomic mass is 10.0. The first-order chi connectivity index (χ1) is 10.4. The largest absolute Gasteiger partial charge is 0.477 e. The Morgan fingerprint density at radius 1 is 1.33 bits per heavy atom. The van der Waals surface area contributed by atoms with Crippen LogP contribution in [0.4, 0.5) is 0 Å². The van der Waals surface area contributed by atoms with Crippen molar-refractivity contribution >= 4 is 0 Å². The Bertz CT molecular complexity index is 592. The highest BCUT2D eigenvalue weighted by Crippen LogP contribution is 2.29. The van der Waals surface area contributed by atoms with E-state index in [4.69, 9.17) is 4.74 Å². The number of nitrogens with zero attached hydrogens (tertiary/aromatic N) is 3. The van der Waals surface area contributed by atoms with E-state index in [0.29, 0.717) is 6.73 Å². The van der Waals surface area contributed by atoms with Crippen molar-refractivity contribution in [3.8, 4) is 5.75 Å². The molecule has 0 atom stereocenters. The number of benzene rings is 1. The molecule has 0 aliphatic carbocycles. The van der Waals surface area contributed by atoms with E-state index in [2.05, 4.69) is 39.2 Å². The summed E-state index contributed by atoms with van der Waals surface area (Å²) >= 11 is 0. The summed E-state index contributed by atoms with van der Waals surface area (Å²) in [4.78, 5) is 6.41. The third-order valence-electron chi connectivity index (χ3n) is 3.78. The van der Waals surface area contributed by atoms with Gasteiger partial charge < -0.3 is 9.30 Å². The van der Waals surface area contributed by atoms with Crippen molar-refractivity contribution in [3.05, 3.63) is 60.7 Å². The van der Waals surface area contributed by atoms with E-state index in [-0.39, 0.29) is 0 Å². The molecule has 1 aliphatic rings. The number of aromatic nitrogens is 2. The molecule has 2 heterocycles. The van der Waals surface area contributed by atoms with Crippen molar-refractivity contribution in [2.24, 2.45) is 0 Å². The van der Waals surface area contributed by atoms with Gasteiger partial charge in [-0.15, -0.1) is 6.58 Å². The van der Waals surface area contributed by atoms with Gasteiger partial charge in [-0.2, -0.15) is 0 Å². The second-order valence-corrected chi connectivity index (χ2v) is 5.38. The van der Waals surface area contributed by atoms with Crippen LogP contribution in [0.25, 0.3) is 0 Å². The van der Waals surface area contributed by atoms with Crippen LogP contribution in [0.5, 0.6) is 5.75 Å². The maximum absolute atomic E-state index is 5.97. The number of aryl methyl sites for hydroxylation is 1. The molecule has 1 aliphatic heterocycles. The zero-order chi connectivity index (χ0) is 14.5. The molecule has 3 rings (SSSR count). The van der Waals surface area contributed by atoms with Gasteiger partial charge in [0.2, 0.25) is 0 Å². The molecule has 0 N–H and O–H groups in total. The minimum Gasteiger partial charge on any atom is -0.477 e. The quantitative estimate of drug-likeness (QED) is 0.764. The summed E-state index contributed by atoms with van der Waals surface area (Å²) in [6.45, 7) is 7.48. The number of imidazole rings is 1. The van der Waals surface area contributed by atoms with Gasteiger partial charge >= 0.3 is 0 Å². The summed E-state index contributed by atoms with van der Waals surface area (Å²) in [6.07, 6.45) is 9.58. The van der Waals surface area contributed by atoms with Crippen LogP contribution in [0.1, 0.15) is 17.5 Å². The van der Waals surface area contributed by atoms with Crippen LogP contribution < -0.4 is 4.74 Å². The van der Waals surface area contributed by atoms with Gasteiger partial charge in [0.1, 0.15) is 12.5 Å². The van der Waals surface area contributed by atoms with Crippen molar-refractivity contribution in [2.75, 3.05) is 13.3 Å². The van der Waals surface area contributed by atoms with Crippen molar-refractivity contribution in [3.63, 3.8) is 0 Å². The Hall–Kier alpha value is -2.07. The Kier molecular flexibility index (Phi) is 4.36. The van der Waals surface area contributed by atoms with Crippen LogP contribution in [0.3, 0.4) is 0 Å². The summed E-state index contributed by atoms with van der Waals surface area (Å²) in [5.41, 5.74) is 2.52. The molecule has 2 aromatic rings. The molecule has 0 radical (unpaired) electrons. The molecular formula is C17H21N3O. The Morgan fingerprint density at radius 3 is 3.10 bits per heavy atom. The number of fused-ring (bicyclic) bond motifs is 1. The molecular weight excluding hydrogens is 262 g/mol. The number of hydrogen-bond donors (Lipinski definition) is 0. The maximum Gasteiger partial charge on any atom is 0.142 e. The normalized spacial score (nSPS) is 14.5. The third-order valence-corrected chi connectivity index (χ3v) is 3.78. The SMILES string of the molecule is C=CCc1cccc2c1OCN(CCCn1ccnc1)C2. The summed E-state index contributed by atoms with van der Waals surface area (Å²) < 4.78 is 8.08. The average Bonchev–Trinajstić information content (AvgIpc) is 3.01. The predicted molar refractivity (Wildman–Crippen MR) is 83.1 cm³/mol. The van der Waals surface area contributed by atoms with E-state index >= 15 is 0 Å². The van der Waals surface area contributed by atoms with Crippen molar-refractivity contribution < 1.29 is 4.74 Å². The molecule has 0 saturated heterocycles. The molecule has 0 fully saturated rings. The highest BCUT2D eigenvalue weighted by molar-refractivity contribution is 5.43. The lowest BCUT2D eigenvalue weighted by Gasteiger charge is -2.30. The second kappa shape index (κ2) is 6.59. The molecule has 1 aromatic heterocycles. The van der Waals surface area contributed by atoms with Crippen LogP contribution in [0.15, 0.2) is 49.6 Å². The van der Waals surface area contributed by atoms with E-state index in [1.165, 1.54) is 11.1 Å². The fraction of sp³-hybridized carbons (Fsp3) is 0.353. The van der Waals surface area contributed by atoms with Gasteiger partial charge in [-0.1, -0.05) is 24.3 Å². The molecule has 21 heavy (non-hydrogen) atoms. The van der Waals surface area contributed by atoms with E-state index in [1.54, 1.807) is 0 Å². The Balaban J connectivity index is 1.57. The van der Waals surface area contributed by atoms with E-state index in [9.17, 15) is 0 Å². The predicted octanol–water partition coefficient (Wildman–Crippen LogP) is 2.85. The van der Waals surface area contributed by atoms with Gasteiger partial charge in [0.15, 0.2) is 0 Å². The zero-order valence-corrected chi connectivity index (χ0v) is 12.2. The fourth-order valence-corrected chi connectivity index (χ4v) is 2.75. The lowest BCUT2D eigenvalue weighted by molar-refractivity contribution is 0.0921. The number of para-hydroxylation sites is 1. The van der Waals surface area contributed by atoms with E-state index in [0.717, 1.165) is 38.2 Å². The molecule has 0 unspecified atom stereocenters. The highest BCUT2D eigenvalue weighted by atomic mass is 16.5. The van der Waals surface area contributed by atoms with Crippen molar-refractivity contribution in [1.29, 1.82) is 0 Å². The Morgan fingerprint density at radius 2 is 2.29 bits per heavy atom. The van der Waals surface area contributed by atoms with Crippen LogP contribution in [0.2, 0.25) is 0 Å². The number of ether oxygens (including phenoxy) is 1. The smallest absolute Gasteiger partial charge is 0.142 e. The molecule has 1 aromatic carbocycles. The van der Waals surface area contributed by atoms with Crippen LogP contribution in [-0.4, -0.2) is 27.7 Å². The topological polar surface area (TPSA) is 30.3 Å². The second-order valence-electron chi connectivity index (χ2n) is 5.38. The zero-order valence-electron chi connectivity index (χ0n) is 12.2. The molecule has 0 spiro atoms. The van der Waals surface area contributed by atoms with Crippen LogP contribution in [0, 0.1) is 0 Å². The van der Waals surface area contributed by atoms with Crippen molar-refractivity contribution in [1.82, 2.24) is 14.5 Å². The summed E-state index contributed by atoms with van der Waals surface area (Å²) in [5.74, 6) is 1.06. The summed E-state index contributed by atoms with van der Waals surface area (Å²) in [6, 6.07) is 6.38. The van der Waals surface area contributed by atoms with Crippen molar-refractivity contribution in [2.45, 2.75) is 25.9 Å². The summed E-state index contributed by atoms with van der Waals surface area (Å²) in [7, 11) is 0. The molecule has 0 saturated carbocycles. The standard InChI is InChI=1S/C17H21N3O/c1-2-5-15-6-3-7-16-12-20(14-21-17(15)16)10-4-9-19-11-8-18-13-19/h2-3,6-8,11,13H,1,4-5,9-10,12,14H2. The van der Waals surface area contributed by atoms with Gasteiger partial charge in [-0.25, -0.2) is 4.98 Å². The number of allylic oxidation sites excluding steroid dienone is 1. The van der Waals surface area contributed by atoms with E-state index in [1.807, 2.05) is 24.8 Å². The molecule has 110 valence electrons. The van der Waals surface area contributed by atoms with Crippen LogP contribution >= 0.6 is 0 Å². The van der Waals surface area contributed by atoms with E-state index < -0.39 is 0 Å². The summed E-state index contributed by atoms with van der Waals surface area (Å²) in [5, 5.41) is 0.